The van der Waals surface area contributed by atoms with Gasteiger partial charge in [-0.15, -0.1) is 0 Å². The average molecular weight is 236 g/mol. The molecule has 2 amide bonds. The fraction of sp³-hybridized carbons (Fsp3) is 0.333. The van der Waals surface area contributed by atoms with E-state index in [1.165, 1.54) is 0 Å². The van der Waals surface area contributed by atoms with Gasteiger partial charge in [0, 0.05) is 5.69 Å². The van der Waals surface area contributed by atoms with Crippen LogP contribution in [0.15, 0.2) is 24.3 Å². The van der Waals surface area contributed by atoms with Gasteiger partial charge in [-0.05, 0) is 17.5 Å². The Balaban J connectivity index is 2.68. The van der Waals surface area contributed by atoms with E-state index in [0.29, 0.717) is 5.69 Å². The number of urea groups is 1. The van der Waals surface area contributed by atoms with E-state index in [9.17, 15) is 9.59 Å². The minimum atomic E-state index is -1.07. The van der Waals surface area contributed by atoms with Crippen molar-refractivity contribution in [1.82, 2.24) is 5.32 Å². The summed E-state index contributed by atoms with van der Waals surface area (Å²) >= 11 is 0. The van der Waals surface area contributed by atoms with Crippen LogP contribution in [0.25, 0.3) is 0 Å². The van der Waals surface area contributed by atoms with Crippen LogP contribution in [0.4, 0.5) is 10.5 Å². The topological polar surface area (TPSA) is 78.4 Å². The second kappa shape index (κ2) is 5.89. The first-order valence-electron chi connectivity index (χ1n) is 5.36. The van der Waals surface area contributed by atoms with Crippen molar-refractivity contribution in [3.63, 3.8) is 0 Å². The van der Waals surface area contributed by atoms with E-state index in [-0.39, 0.29) is 5.92 Å². The molecule has 0 saturated carbocycles. The van der Waals surface area contributed by atoms with Crippen LogP contribution in [0.2, 0.25) is 0 Å². The zero-order valence-electron chi connectivity index (χ0n) is 9.86. The number of aliphatic carboxylic acids is 1. The van der Waals surface area contributed by atoms with Crippen LogP contribution in [0, 0.1) is 0 Å². The molecule has 92 valence electrons. The lowest BCUT2D eigenvalue weighted by molar-refractivity contribution is -0.135. The normalized spacial score (nSPS) is 10.1. The summed E-state index contributed by atoms with van der Waals surface area (Å²) in [4.78, 5) is 21.7. The van der Waals surface area contributed by atoms with Crippen LogP contribution in [0.1, 0.15) is 25.3 Å². The maximum Gasteiger partial charge on any atom is 0.323 e. The molecule has 3 N–H and O–H groups in total. The number of carbonyl (C=O) groups is 2. The lowest BCUT2D eigenvalue weighted by Gasteiger charge is -2.13. The summed E-state index contributed by atoms with van der Waals surface area (Å²) < 4.78 is 0. The predicted molar refractivity (Wildman–Crippen MR) is 65.2 cm³/mol. The van der Waals surface area contributed by atoms with Crippen LogP contribution in [0.5, 0.6) is 0 Å². The monoisotopic (exact) mass is 236 g/mol. The third kappa shape index (κ3) is 4.14. The first-order valence-corrected chi connectivity index (χ1v) is 5.36. The predicted octanol–water partition coefficient (Wildman–Crippen LogP) is 2.02. The van der Waals surface area contributed by atoms with Crippen molar-refractivity contribution in [3.8, 4) is 0 Å². The Labute approximate surface area is 99.8 Å². The Hall–Kier alpha value is -2.04. The summed E-state index contributed by atoms with van der Waals surface area (Å²) in [5, 5.41) is 13.3. The van der Waals surface area contributed by atoms with Gasteiger partial charge in [0.05, 0.1) is 0 Å². The maximum absolute atomic E-state index is 11.4. The van der Waals surface area contributed by atoms with E-state index in [0.717, 1.165) is 5.56 Å². The number of para-hydroxylation sites is 1. The molecule has 0 bridgehead atoms. The van der Waals surface area contributed by atoms with E-state index in [4.69, 9.17) is 5.11 Å². The van der Waals surface area contributed by atoms with Crippen LogP contribution >= 0.6 is 0 Å². The smallest absolute Gasteiger partial charge is 0.323 e. The quantitative estimate of drug-likeness (QED) is 0.748. The van der Waals surface area contributed by atoms with E-state index < -0.39 is 18.5 Å². The van der Waals surface area contributed by atoms with Gasteiger partial charge < -0.3 is 15.7 Å². The molecule has 0 saturated heterocycles. The molecule has 17 heavy (non-hydrogen) atoms. The number of hydrogen-bond acceptors (Lipinski definition) is 2. The van der Waals surface area contributed by atoms with Gasteiger partial charge in [0.2, 0.25) is 0 Å². The molecule has 0 atom stereocenters. The molecule has 0 aliphatic rings. The van der Waals surface area contributed by atoms with E-state index in [1.807, 2.05) is 32.0 Å². The molecule has 5 heteroatoms. The van der Waals surface area contributed by atoms with E-state index in [2.05, 4.69) is 10.6 Å². The van der Waals surface area contributed by atoms with Crippen LogP contribution in [-0.4, -0.2) is 23.7 Å². The minimum Gasteiger partial charge on any atom is -0.480 e. The van der Waals surface area contributed by atoms with Crippen molar-refractivity contribution < 1.29 is 14.7 Å². The highest BCUT2D eigenvalue weighted by Gasteiger charge is 2.09. The lowest BCUT2D eigenvalue weighted by Crippen LogP contribution is -2.33. The zero-order valence-corrected chi connectivity index (χ0v) is 9.86. The van der Waals surface area contributed by atoms with Crippen molar-refractivity contribution in [2.45, 2.75) is 19.8 Å². The molecule has 1 aromatic carbocycles. The summed E-state index contributed by atoms with van der Waals surface area (Å²) in [5.41, 5.74) is 1.71. The molecular weight excluding hydrogens is 220 g/mol. The summed E-state index contributed by atoms with van der Waals surface area (Å²) in [6.07, 6.45) is 0. The van der Waals surface area contributed by atoms with Gasteiger partial charge in [0.1, 0.15) is 6.54 Å². The first kappa shape index (κ1) is 13.0. The van der Waals surface area contributed by atoms with Crippen molar-refractivity contribution in [2.75, 3.05) is 11.9 Å². The standard InChI is InChI=1S/C12H16N2O3/c1-8(2)9-5-3-4-6-10(9)14-12(17)13-7-11(15)16/h3-6,8H,7H2,1-2H3,(H,15,16)(H2,13,14,17). The van der Waals surface area contributed by atoms with Gasteiger partial charge >= 0.3 is 12.0 Å². The number of nitrogens with one attached hydrogen (secondary N) is 2. The first-order chi connectivity index (χ1) is 8.00. The Morgan fingerprint density at radius 3 is 2.53 bits per heavy atom. The third-order valence-corrected chi connectivity index (χ3v) is 2.23. The second-order valence-electron chi connectivity index (χ2n) is 3.94. The molecule has 0 spiro atoms. The molecule has 0 aliphatic heterocycles. The number of benzene rings is 1. The summed E-state index contributed by atoms with van der Waals surface area (Å²) in [6, 6.07) is 6.92. The summed E-state index contributed by atoms with van der Waals surface area (Å²) in [5.74, 6) is -0.789. The molecule has 0 heterocycles. The van der Waals surface area contributed by atoms with Gasteiger partial charge in [-0.1, -0.05) is 32.0 Å². The number of rotatable bonds is 4. The molecular formula is C12H16N2O3. The summed E-state index contributed by atoms with van der Waals surface area (Å²) in [7, 11) is 0. The van der Waals surface area contributed by atoms with E-state index in [1.54, 1.807) is 6.07 Å². The number of anilines is 1. The molecule has 0 radical (unpaired) electrons. The summed E-state index contributed by atoms with van der Waals surface area (Å²) in [6.45, 7) is 3.65. The number of carboxylic acids is 1. The number of amides is 2. The maximum atomic E-state index is 11.4. The fourth-order valence-electron chi connectivity index (χ4n) is 1.44. The average Bonchev–Trinajstić information content (AvgIpc) is 2.27. The van der Waals surface area contributed by atoms with Crippen molar-refractivity contribution in [2.24, 2.45) is 0 Å². The Kier molecular flexibility index (Phi) is 4.51. The van der Waals surface area contributed by atoms with Crippen LogP contribution in [0.3, 0.4) is 0 Å². The molecule has 0 aromatic heterocycles. The molecule has 5 nitrogen and oxygen atoms in total. The molecule has 1 rings (SSSR count). The number of hydrogen-bond donors (Lipinski definition) is 3. The second-order valence-corrected chi connectivity index (χ2v) is 3.94. The van der Waals surface area contributed by atoms with E-state index >= 15 is 0 Å². The molecule has 0 aliphatic carbocycles. The van der Waals surface area contributed by atoms with Crippen molar-refractivity contribution >= 4 is 17.7 Å². The Morgan fingerprint density at radius 1 is 1.29 bits per heavy atom. The minimum absolute atomic E-state index is 0.283. The lowest BCUT2D eigenvalue weighted by atomic mass is 10.0. The van der Waals surface area contributed by atoms with Crippen LogP contribution < -0.4 is 10.6 Å². The van der Waals surface area contributed by atoms with Crippen molar-refractivity contribution in [1.29, 1.82) is 0 Å². The largest absolute Gasteiger partial charge is 0.480 e. The van der Waals surface area contributed by atoms with Crippen LogP contribution in [-0.2, 0) is 4.79 Å². The zero-order chi connectivity index (χ0) is 12.8. The number of carbonyl (C=O) groups excluding carboxylic acids is 1. The van der Waals surface area contributed by atoms with Gasteiger partial charge in [0.15, 0.2) is 0 Å². The van der Waals surface area contributed by atoms with Crippen molar-refractivity contribution in [3.05, 3.63) is 29.8 Å². The van der Waals surface area contributed by atoms with Gasteiger partial charge in [-0.25, -0.2) is 4.79 Å². The highest BCUT2D eigenvalue weighted by atomic mass is 16.4. The highest BCUT2D eigenvalue weighted by molar-refractivity contribution is 5.92. The molecule has 1 aromatic rings. The number of carboxylic acid groups (broad SMARTS) is 1. The Morgan fingerprint density at radius 2 is 1.94 bits per heavy atom. The van der Waals surface area contributed by atoms with Gasteiger partial charge in [0.25, 0.3) is 0 Å². The fourth-order valence-corrected chi connectivity index (χ4v) is 1.44. The molecule has 0 fully saturated rings. The highest BCUT2D eigenvalue weighted by Crippen LogP contribution is 2.23. The van der Waals surface area contributed by atoms with Gasteiger partial charge in [-0.2, -0.15) is 0 Å². The Bertz CT molecular complexity index is 416. The molecule has 0 unspecified atom stereocenters. The third-order valence-electron chi connectivity index (χ3n) is 2.23. The SMILES string of the molecule is CC(C)c1ccccc1NC(=O)NCC(=O)O. The van der Waals surface area contributed by atoms with Gasteiger partial charge in [-0.3, -0.25) is 4.79 Å².